The summed E-state index contributed by atoms with van der Waals surface area (Å²) < 4.78 is 5.54. The lowest BCUT2D eigenvalue weighted by atomic mass is 10.0. The Balaban J connectivity index is 1.53. The first-order chi connectivity index (χ1) is 14.6. The monoisotopic (exact) mass is 429 g/mol. The Morgan fingerprint density at radius 1 is 1.07 bits per heavy atom. The van der Waals surface area contributed by atoms with Crippen LogP contribution < -0.4 is 15.4 Å². The summed E-state index contributed by atoms with van der Waals surface area (Å²) in [5.74, 6) is 0.446. The van der Waals surface area contributed by atoms with Crippen molar-refractivity contribution >= 4 is 23.4 Å². The average Bonchev–Trinajstić information content (AvgIpc) is 3.29. The van der Waals surface area contributed by atoms with Crippen LogP contribution in [0.1, 0.15) is 41.2 Å². The molecule has 0 aliphatic carbocycles. The fourth-order valence-corrected chi connectivity index (χ4v) is 3.98. The van der Waals surface area contributed by atoms with Crippen LogP contribution in [-0.4, -0.2) is 50.0 Å². The Hall–Kier alpha value is -2.57. The number of halogens is 1. The third kappa shape index (κ3) is 5.74. The minimum atomic E-state index is -0.280. The number of methoxy groups -OCH3 is 1. The number of hydrogen-bond acceptors (Lipinski definition) is 4. The van der Waals surface area contributed by atoms with Gasteiger partial charge < -0.3 is 15.4 Å². The van der Waals surface area contributed by atoms with E-state index in [2.05, 4.69) is 21.6 Å². The summed E-state index contributed by atoms with van der Waals surface area (Å²) in [5, 5.41) is 6.16. The summed E-state index contributed by atoms with van der Waals surface area (Å²) in [7, 11) is 1.67. The number of rotatable bonds is 9. The summed E-state index contributed by atoms with van der Waals surface area (Å²) in [4.78, 5) is 27.0. The molecule has 0 radical (unpaired) electrons. The maximum atomic E-state index is 12.4. The quantitative estimate of drug-likeness (QED) is 0.640. The first-order valence-corrected chi connectivity index (χ1v) is 10.6. The lowest BCUT2D eigenvalue weighted by Crippen LogP contribution is -2.38. The van der Waals surface area contributed by atoms with E-state index in [0.717, 1.165) is 37.2 Å². The van der Waals surface area contributed by atoms with E-state index >= 15 is 0 Å². The number of nitrogens with zero attached hydrogens (tertiary/aromatic N) is 1. The molecule has 160 valence electrons. The van der Waals surface area contributed by atoms with Crippen LogP contribution in [0.4, 0.5) is 0 Å². The van der Waals surface area contributed by atoms with Gasteiger partial charge in [-0.1, -0.05) is 41.9 Å². The fourth-order valence-electron chi connectivity index (χ4n) is 3.76. The highest BCUT2D eigenvalue weighted by Gasteiger charge is 2.26. The Morgan fingerprint density at radius 3 is 2.50 bits per heavy atom. The van der Waals surface area contributed by atoms with Crippen molar-refractivity contribution in [2.24, 2.45) is 0 Å². The van der Waals surface area contributed by atoms with Gasteiger partial charge in [-0.3, -0.25) is 14.5 Å². The molecule has 7 heteroatoms. The van der Waals surface area contributed by atoms with Gasteiger partial charge in [0.2, 0.25) is 5.91 Å². The van der Waals surface area contributed by atoms with Crippen LogP contribution in [0, 0.1) is 0 Å². The second kappa shape index (κ2) is 11.0. The van der Waals surface area contributed by atoms with Gasteiger partial charge in [-0.25, -0.2) is 0 Å². The number of amides is 2. The van der Waals surface area contributed by atoms with Crippen molar-refractivity contribution in [1.29, 1.82) is 0 Å². The number of carbonyl (C=O) groups is 2. The number of hydrogen-bond donors (Lipinski definition) is 2. The molecule has 2 N–H and O–H groups in total. The number of ether oxygens (including phenoxy) is 1. The van der Waals surface area contributed by atoms with Gasteiger partial charge in [0, 0.05) is 25.1 Å². The molecule has 1 aliphatic heterocycles. The normalized spacial score (nSPS) is 14.9. The van der Waals surface area contributed by atoms with Crippen molar-refractivity contribution in [3.05, 3.63) is 64.7 Å². The van der Waals surface area contributed by atoms with E-state index in [9.17, 15) is 9.59 Å². The van der Waals surface area contributed by atoms with Crippen LogP contribution in [0.15, 0.2) is 48.5 Å². The molecule has 1 aliphatic rings. The van der Waals surface area contributed by atoms with Crippen molar-refractivity contribution in [3.63, 3.8) is 0 Å². The molecular formula is C23H28ClN3O3. The second-order valence-electron chi connectivity index (χ2n) is 7.29. The largest absolute Gasteiger partial charge is 0.496 e. The molecule has 2 aromatic carbocycles. The molecule has 1 saturated heterocycles. The highest BCUT2D eigenvalue weighted by molar-refractivity contribution is 6.33. The van der Waals surface area contributed by atoms with Crippen molar-refractivity contribution in [3.8, 4) is 5.75 Å². The topological polar surface area (TPSA) is 70.7 Å². The van der Waals surface area contributed by atoms with E-state index in [1.165, 1.54) is 0 Å². The molecule has 0 unspecified atom stereocenters. The third-order valence-electron chi connectivity index (χ3n) is 5.33. The molecule has 0 bridgehead atoms. The van der Waals surface area contributed by atoms with E-state index in [0.29, 0.717) is 17.1 Å². The van der Waals surface area contributed by atoms with E-state index in [-0.39, 0.29) is 30.8 Å². The van der Waals surface area contributed by atoms with Crippen LogP contribution in [0.25, 0.3) is 0 Å². The number of carbonyl (C=O) groups excluding carboxylic acids is 2. The molecule has 2 amide bonds. The third-order valence-corrected chi connectivity index (χ3v) is 5.66. The zero-order valence-electron chi connectivity index (χ0n) is 17.2. The van der Waals surface area contributed by atoms with Crippen molar-refractivity contribution < 1.29 is 14.3 Å². The standard InChI is InChI=1S/C23H28ClN3O3/c1-30-21-11-5-3-9-18(21)20(27-14-6-7-15-27)16-26-22(28)12-13-25-23(29)17-8-2-4-10-19(17)24/h2-5,8-11,20H,6-7,12-16H2,1H3,(H,25,29)(H,26,28)/t20-/m0/s1. The number of nitrogens with one attached hydrogen (secondary N) is 2. The molecule has 0 spiro atoms. The Bertz CT molecular complexity index is 868. The zero-order chi connectivity index (χ0) is 21.3. The van der Waals surface area contributed by atoms with Crippen LogP contribution >= 0.6 is 11.6 Å². The van der Waals surface area contributed by atoms with Gasteiger partial charge in [0.1, 0.15) is 5.75 Å². The van der Waals surface area contributed by atoms with Gasteiger partial charge in [0.15, 0.2) is 0 Å². The van der Waals surface area contributed by atoms with Gasteiger partial charge >= 0.3 is 0 Å². The van der Waals surface area contributed by atoms with Gasteiger partial charge in [-0.05, 0) is 44.1 Å². The summed E-state index contributed by atoms with van der Waals surface area (Å²) in [5.41, 5.74) is 1.49. The zero-order valence-corrected chi connectivity index (χ0v) is 18.0. The second-order valence-corrected chi connectivity index (χ2v) is 7.70. The van der Waals surface area contributed by atoms with Gasteiger partial charge in [0.25, 0.3) is 5.91 Å². The summed E-state index contributed by atoms with van der Waals surface area (Å²) in [6.07, 6.45) is 2.52. The lowest BCUT2D eigenvalue weighted by molar-refractivity contribution is -0.121. The van der Waals surface area contributed by atoms with Gasteiger partial charge in [-0.2, -0.15) is 0 Å². The smallest absolute Gasteiger partial charge is 0.252 e. The average molecular weight is 430 g/mol. The number of likely N-dealkylation sites (tertiary alicyclic amines) is 1. The fraction of sp³-hybridized carbons (Fsp3) is 0.391. The summed E-state index contributed by atoms with van der Waals surface area (Å²) in [6, 6.07) is 14.9. The summed E-state index contributed by atoms with van der Waals surface area (Å²) in [6.45, 7) is 2.76. The Kier molecular flexibility index (Phi) is 8.11. The molecule has 3 rings (SSSR count). The molecule has 30 heavy (non-hydrogen) atoms. The molecule has 2 aromatic rings. The van der Waals surface area contributed by atoms with Crippen LogP contribution in [0.3, 0.4) is 0 Å². The predicted octanol–water partition coefficient (Wildman–Crippen LogP) is 3.42. The number of para-hydroxylation sites is 1. The highest BCUT2D eigenvalue weighted by atomic mass is 35.5. The maximum Gasteiger partial charge on any atom is 0.252 e. The highest BCUT2D eigenvalue weighted by Crippen LogP contribution is 2.31. The van der Waals surface area contributed by atoms with Gasteiger partial charge in [-0.15, -0.1) is 0 Å². The molecule has 6 nitrogen and oxygen atoms in total. The maximum absolute atomic E-state index is 12.4. The Labute approximate surface area is 182 Å². The summed E-state index contributed by atoms with van der Waals surface area (Å²) >= 11 is 6.04. The van der Waals surface area contributed by atoms with Crippen molar-refractivity contribution in [2.75, 3.05) is 33.3 Å². The Morgan fingerprint density at radius 2 is 1.77 bits per heavy atom. The first kappa shape index (κ1) is 22.1. The van der Waals surface area contributed by atoms with E-state index in [1.807, 2.05) is 18.2 Å². The predicted molar refractivity (Wildman–Crippen MR) is 118 cm³/mol. The van der Waals surface area contributed by atoms with Gasteiger partial charge in [0.05, 0.1) is 23.7 Å². The lowest BCUT2D eigenvalue weighted by Gasteiger charge is -2.29. The van der Waals surface area contributed by atoms with Crippen LogP contribution in [-0.2, 0) is 4.79 Å². The van der Waals surface area contributed by atoms with E-state index in [4.69, 9.17) is 16.3 Å². The first-order valence-electron chi connectivity index (χ1n) is 10.3. The van der Waals surface area contributed by atoms with Crippen molar-refractivity contribution in [2.45, 2.75) is 25.3 Å². The molecule has 1 fully saturated rings. The van der Waals surface area contributed by atoms with E-state index < -0.39 is 0 Å². The molecular weight excluding hydrogens is 402 g/mol. The molecule has 1 atom stereocenters. The SMILES string of the molecule is COc1ccccc1[C@H](CNC(=O)CCNC(=O)c1ccccc1Cl)N1CCCC1. The van der Waals surface area contributed by atoms with Crippen LogP contribution in [0.5, 0.6) is 5.75 Å². The van der Waals surface area contributed by atoms with Crippen LogP contribution in [0.2, 0.25) is 5.02 Å². The minimum absolute atomic E-state index is 0.0605. The molecule has 1 heterocycles. The molecule has 0 saturated carbocycles. The molecule has 0 aromatic heterocycles. The number of benzene rings is 2. The van der Waals surface area contributed by atoms with Crippen molar-refractivity contribution in [1.82, 2.24) is 15.5 Å². The minimum Gasteiger partial charge on any atom is -0.496 e. The van der Waals surface area contributed by atoms with E-state index in [1.54, 1.807) is 31.4 Å².